The van der Waals surface area contributed by atoms with Crippen LogP contribution >= 0.6 is 0 Å². The SMILES string of the molecule is C[C@@H]1CC[C@H]2C(COCc3cnnn3CCO[C@@]3(C(F)(F)F)O[C@@H]4O[C@]5(C)CCC6[C@H](C)CC[C@@H]([C@H]3C)[C@]64OO5)=C(C(F)(F)F)O[C@@H]3O[C@]4(C)CCC1[C@]32OO4. The van der Waals surface area contributed by atoms with Crippen LogP contribution in [-0.4, -0.2) is 81.7 Å². The summed E-state index contributed by atoms with van der Waals surface area (Å²) in [6, 6.07) is 0. The van der Waals surface area contributed by atoms with E-state index in [9.17, 15) is 13.2 Å². The van der Waals surface area contributed by atoms with Crippen LogP contribution in [0.4, 0.5) is 26.3 Å². The van der Waals surface area contributed by atoms with E-state index in [-0.39, 0.29) is 42.4 Å². The molecule has 4 bridgehead atoms. The Bertz CT molecular complexity index is 1710. The highest BCUT2D eigenvalue weighted by atomic mass is 19.4. The Morgan fingerprint density at radius 2 is 1.41 bits per heavy atom. The van der Waals surface area contributed by atoms with Gasteiger partial charge in [-0.2, -0.15) is 26.3 Å². The smallest absolute Gasteiger partial charge is 0.449 e. The molecule has 56 heavy (non-hydrogen) atoms. The molecule has 0 radical (unpaired) electrons. The molecule has 9 heterocycles. The largest absolute Gasteiger partial charge is 0.456 e. The van der Waals surface area contributed by atoms with Crippen molar-refractivity contribution in [2.75, 3.05) is 13.2 Å². The van der Waals surface area contributed by atoms with Crippen molar-refractivity contribution in [1.82, 2.24) is 15.0 Å². The topological polar surface area (TPSA) is 123 Å². The number of hydrogen-bond acceptors (Lipinski definition) is 12. The number of nitrogens with zero attached hydrogens (tertiary/aromatic N) is 3. The Kier molecular flexibility index (Phi) is 9.28. The summed E-state index contributed by atoms with van der Waals surface area (Å²) >= 11 is 0. The van der Waals surface area contributed by atoms with Crippen molar-refractivity contribution in [3.8, 4) is 0 Å². The summed E-state index contributed by atoms with van der Waals surface area (Å²) in [7, 11) is 0. The first-order chi connectivity index (χ1) is 26.4. The zero-order valence-corrected chi connectivity index (χ0v) is 32.0. The molecule has 9 fully saturated rings. The van der Waals surface area contributed by atoms with Gasteiger partial charge in [-0.3, -0.25) is 0 Å². The summed E-state index contributed by atoms with van der Waals surface area (Å²) in [5, 5.41) is 7.91. The van der Waals surface area contributed by atoms with E-state index in [1.807, 2.05) is 6.92 Å². The van der Waals surface area contributed by atoms with Gasteiger partial charge in [0.05, 0.1) is 38.3 Å². The summed E-state index contributed by atoms with van der Waals surface area (Å²) in [6.45, 7) is 7.41. The number of fused-ring (bicyclic) bond motifs is 4. The molecule has 10 aliphatic rings. The second-order valence-corrected chi connectivity index (χ2v) is 17.6. The monoisotopic (exact) mass is 809 g/mol. The van der Waals surface area contributed by atoms with Gasteiger partial charge in [0.25, 0.3) is 5.79 Å². The lowest BCUT2D eigenvalue weighted by molar-refractivity contribution is -0.599. The minimum Gasteiger partial charge on any atom is -0.456 e. The molecule has 314 valence electrons. The molecule has 14 atom stereocenters. The first kappa shape index (κ1) is 39.4. The Morgan fingerprint density at radius 1 is 0.768 bits per heavy atom. The van der Waals surface area contributed by atoms with Crippen molar-refractivity contribution in [3.63, 3.8) is 0 Å². The summed E-state index contributed by atoms with van der Waals surface area (Å²) in [5.74, 6) is -9.46. The Hall–Kier alpha value is -2.10. The number of halogens is 6. The van der Waals surface area contributed by atoms with Crippen LogP contribution in [0.1, 0.15) is 91.7 Å². The molecule has 11 rings (SSSR count). The Balaban J connectivity index is 0.917. The van der Waals surface area contributed by atoms with Gasteiger partial charge in [0.1, 0.15) is 0 Å². The van der Waals surface area contributed by atoms with E-state index in [1.165, 1.54) is 17.8 Å². The summed E-state index contributed by atoms with van der Waals surface area (Å²) < 4.78 is 127. The molecule has 0 amide bonds. The average molecular weight is 810 g/mol. The molecule has 2 aliphatic carbocycles. The van der Waals surface area contributed by atoms with E-state index in [4.69, 9.17) is 48.0 Å². The second kappa shape index (κ2) is 13.2. The molecular weight excluding hydrogens is 760 g/mol. The van der Waals surface area contributed by atoms with Crippen LogP contribution in [0.25, 0.3) is 0 Å². The lowest BCUT2D eigenvalue weighted by Gasteiger charge is -2.62. The lowest BCUT2D eigenvalue weighted by Crippen LogP contribution is -2.76. The zero-order chi connectivity index (χ0) is 39.7. The van der Waals surface area contributed by atoms with E-state index in [0.717, 1.165) is 0 Å². The minimum absolute atomic E-state index is 0.115. The molecule has 2 spiro atoms. The fourth-order valence-electron chi connectivity index (χ4n) is 11.5. The van der Waals surface area contributed by atoms with Crippen molar-refractivity contribution in [1.29, 1.82) is 0 Å². The van der Waals surface area contributed by atoms with Gasteiger partial charge < -0.3 is 28.4 Å². The molecule has 0 aromatic carbocycles. The van der Waals surface area contributed by atoms with Gasteiger partial charge in [-0.25, -0.2) is 24.2 Å². The van der Waals surface area contributed by atoms with Gasteiger partial charge in [-0.15, -0.1) is 5.10 Å². The van der Waals surface area contributed by atoms with Crippen LogP contribution in [0, 0.1) is 41.4 Å². The van der Waals surface area contributed by atoms with Crippen LogP contribution in [0.3, 0.4) is 0 Å². The predicted octanol–water partition coefficient (Wildman–Crippen LogP) is 7.01. The van der Waals surface area contributed by atoms with Crippen LogP contribution in [0.5, 0.6) is 0 Å². The normalized spacial score (nSPS) is 47.2. The third kappa shape index (κ3) is 5.75. The molecule has 19 heteroatoms. The number of hydrogen-bond donors (Lipinski definition) is 0. The van der Waals surface area contributed by atoms with E-state index < -0.39 is 90.2 Å². The van der Waals surface area contributed by atoms with Crippen LogP contribution in [-0.2, 0) is 61.1 Å². The fraction of sp³-hybridized carbons (Fsp3) is 0.892. The van der Waals surface area contributed by atoms with Gasteiger partial charge in [-0.05, 0) is 70.1 Å². The van der Waals surface area contributed by atoms with E-state index >= 15 is 13.2 Å². The average Bonchev–Trinajstić information content (AvgIpc) is 3.26. The molecule has 1 aromatic rings. The molecule has 1 aromatic heterocycles. The number of rotatable bonds is 8. The van der Waals surface area contributed by atoms with Crippen molar-refractivity contribution >= 4 is 0 Å². The third-order valence-corrected chi connectivity index (χ3v) is 14.4. The van der Waals surface area contributed by atoms with Crippen LogP contribution in [0.15, 0.2) is 17.5 Å². The second-order valence-electron chi connectivity index (χ2n) is 17.6. The van der Waals surface area contributed by atoms with Gasteiger partial charge in [-0.1, -0.05) is 26.0 Å². The lowest BCUT2D eigenvalue weighted by atomic mass is 9.57. The van der Waals surface area contributed by atoms with Gasteiger partial charge >= 0.3 is 12.4 Å². The molecule has 2 saturated carbocycles. The molecular formula is C37H49F6N3O10. The van der Waals surface area contributed by atoms with Gasteiger partial charge in [0.2, 0.25) is 23.6 Å². The highest BCUT2D eigenvalue weighted by Crippen LogP contribution is 2.65. The molecule has 2 unspecified atom stereocenters. The van der Waals surface area contributed by atoms with Gasteiger partial charge in [0.15, 0.2) is 17.5 Å². The maximum atomic E-state index is 15.3. The molecule has 0 N–H and O–H groups in total. The number of alkyl halides is 6. The van der Waals surface area contributed by atoms with Crippen molar-refractivity contribution in [2.24, 2.45) is 41.4 Å². The highest BCUT2D eigenvalue weighted by molar-refractivity contribution is 5.28. The Morgan fingerprint density at radius 3 is 2.09 bits per heavy atom. The van der Waals surface area contributed by atoms with E-state index in [2.05, 4.69) is 17.2 Å². The maximum absolute atomic E-state index is 15.3. The fourth-order valence-corrected chi connectivity index (χ4v) is 11.5. The van der Waals surface area contributed by atoms with Crippen molar-refractivity contribution < 1.29 is 74.3 Å². The zero-order valence-electron chi connectivity index (χ0n) is 32.0. The quantitative estimate of drug-likeness (QED) is 0.198. The molecule has 8 aliphatic heterocycles. The highest BCUT2D eigenvalue weighted by Gasteiger charge is 2.77. The standard InChI is InChI=1S/C37H49F6N3O10/c1-19-6-8-26-21(3)35(37(41,42)43,52-30-33(26)24(19)10-13-32(5,51-30)54-55-33)48-15-14-46-22(16-44-45-46)17-47-18-23-27-9-7-20(2)25-11-12-31(4)50-29(34(25,27)56-53-31)49-28(23)36(38,39)40/h16,19-21,24-27,29-30H,6-15,17-18H2,1-5H3/t19-,20-,21-,24?,25?,26+,27+,29-,30+,31+,32+,33-,34-,35-/m1/s1. The molecule has 13 nitrogen and oxygen atoms in total. The Labute approximate surface area is 319 Å². The van der Waals surface area contributed by atoms with Crippen molar-refractivity contribution in [3.05, 3.63) is 23.2 Å². The third-order valence-electron chi connectivity index (χ3n) is 14.4. The van der Waals surface area contributed by atoms with E-state index in [1.54, 1.807) is 13.8 Å². The van der Waals surface area contributed by atoms with Crippen molar-refractivity contribution in [2.45, 2.75) is 153 Å². The summed E-state index contributed by atoms with van der Waals surface area (Å²) in [6.07, 6.45) is -6.92. The molecule has 7 saturated heterocycles. The summed E-state index contributed by atoms with van der Waals surface area (Å²) in [4.78, 5) is 23.5. The number of allylic oxidation sites excluding steroid dienone is 1. The number of aromatic nitrogens is 3. The minimum atomic E-state index is -4.97. The van der Waals surface area contributed by atoms with Crippen LogP contribution in [0.2, 0.25) is 0 Å². The van der Waals surface area contributed by atoms with Gasteiger partial charge in [0, 0.05) is 42.1 Å². The first-order valence-corrected chi connectivity index (χ1v) is 19.8. The number of ether oxygens (including phenoxy) is 6. The maximum Gasteiger partial charge on any atom is 0.449 e. The summed E-state index contributed by atoms with van der Waals surface area (Å²) in [5.41, 5.74) is -2.34. The first-order valence-electron chi connectivity index (χ1n) is 19.8. The van der Waals surface area contributed by atoms with E-state index in [0.29, 0.717) is 57.1 Å². The van der Waals surface area contributed by atoms with Crippen LogP contribution < -0.4 is 0 Å². The predicted molar refractivity (Wildman–Crippen MR) is 174 cm³/mol.